The minimum absolute atomic E-state index is 0.156. The second-order valence-electron chi connectivity index (χ2n) is 5.20. The lowest BCUT2D eigenvalue weighted by Gasteiger charge is -2.33. The first-order chi connectivity index (χ1) is 10.8. The van der Waals surface area contributed by atoms with Crippen LogP contribution in [0.2, 0.25) is 5.02 Å². The molecule has 2 atom stereocenters. The van der Waals surface area contributed by atoms with E-state index in [0.29, 0.717) is 15.3 Å². The van der Waals surface area contributed by atoms with Crippen LogP contribution in [-0.2, 0) is 0 Å². The van der Waals surface area contributed by atoms with Gasteiger partial charge in [0.15, 0.2) is 6.04 Å². The largest absolute Gasteiger partial charge is 0.477 e. The van der Waals surface area contributed by atoms with Crippen LogP contribution in [0, 0.1) is 0 Å². The van der Waals surface area contributed by atoms with Gasteiger partial charge in [0.2, 0.25) is 0 Å². The van der Waals surface area contributed by atoms with E-state index in [4.69, 9.17) is 16.7 Å². The van der Waals surface area contributed by atoms with Crippen LogP contribution in [0.4, 0.5) is 19.0 Å². The highest BCUT2D eigenvalue weighted by atomic mass is 35.5. The van der Waals surface area contributed by atoms with Crippen LogP contribution in [0.1, 0.15) is 34.4 Å². The average molecular weight is 346 g/mol. The number of alkyl halides is 3. The van der Waals surface area contributed by atoms with Gasteiger partial charge in [-0.1, -0.05) is 23.7 Å². The number of carboxylic acid groups (broad SMARTS) is 1. The second-order valence-corrected chi connectivity index (χ2v) is 5.64. The molecule has 1 aliphatic rings. The molecule has 2 heterocycles. The summed E-state index contributed by atoms with van der Waals surface area (Å²) in [5, 5.41) is 16.0. The first-order valence-electron chi connectivity index (χ1n) is 6.67. The van der Waals surface area contributed by atoms with Gasteiger partial charge in [-0.2, -0.15) is 18.3 Å². The molecule has 0 bridgehead atoms. The van der Waals surface area contributed by atoms with Crippen molar-refractivity contribution in [1.29, 1.82) is 0 Å². The summed E-state index contributed by atoms with van der Waals surface area (Å²) in [4.78, 5) is 11.2. The van der Waals surface area contributed by atoms with Crippen molar-refractivity contribution in [3.05, 3.63) is 46.6 Å². The third-order valence-corrected chi connectivity index (χ3v) is 3.95. The Kier molecular flexibility index (Phi) is 3.71. The summed E-state index contributed by atoms with van der Waals surface area (Å²) in [6, 6.07) is 3.81. The van der Waals surface area contributed by atoms with Gasteiger partial charge in [-0.25, -0.2) is 9.48 Å². The molecule has 1 aromatic heterocycles. The Hall–Kier alpha value is -2.22. The molecule has 0 saturated carbocycles. The molecule has 3 rings (SSSR count). The molecule has 1 aromatic carbocycles. The number of nitrogens with zero attached hydrogens (tertiary/aromatic N) is 2. The van der Waals surface area contributed by atoms with E-state index in [0.717, 1.165) is 6.20 Å². The minimum atomic E-state index is -4.55. The molecule has 2 aromatic rings. The molecular weight excluding hydrogens is 335 g/mol. The van der Waals surface area contributed by atoms with Crippen molar-refractivity contribution in [3.63, 3.8) is 0 Å². The van der Waals surface area contributed by atoms with Crippen molar-refractivity contribution in [2.75, 3.05) is 5.32 Å². The quantitative estimate of drug-likeness (QED) is 0.866. The van der Waals surface area contributed by atoms with Gasteiger partial charge >= 0.3 is 12.1 Å². The van der Waals surface area contributed by atoms with E-state index in [-0.39, 0.29) is 17.8 Å². The molecule has 5 nitrogen and oxygen atoms in total. The van der Waals surface area contributed by atoms with Gasteiger partial charge < -0.3 is 10.4 Å². The Morgan fingerprint density at radius 3 is 2.78 bits per heavy atom. The van der Waals surface area contributed by atoms with Crippen LogP contribution in [0.5, 0.6) is 0 Å². The summed E-state index contributed by atoms with van der Waals surface area (Å²) in [6.45, 7) is 0. The number of nitrogens with one attached hydrogen (secondary N) is 1. The Balaban J connectivity index is 2.07. The fourth-order valence-corrected chi connectivity index (χ4v) is 2.86. The van der Waals surface area contributed by atoms with Crippen molar-refractivity contribution in [3.8, 4) is 0 Å². The minimum Gasteiger partial charge on any atom is -0.477 e. The van der Waals surface area contributed by atoms with Gasteiger partial charge in [-0.3, -0.25) is 0 Å². The molecule has 9 heteroatoms. The summed E-state index contributed by atoms with van der Waals surface area (Å²) >= 11 is 5.89. The number of carboxylic acids is 1. The molecule has 2 unspecified atom stereocenters. The van der Waals surface area contributed by atoms with E-state index >= 15 is 0 Å². The van der Waals surface area contributed by atoms with Crippen LogP contribution < -0.4 is 5.32 Å². The van der Waals surface area contributed by atoms with Crippen LogP contribution >= 0.6 is 11.6 Å². The first kappa shape index (κ1) is 15.7. The summed E-state index contributed by atoms with van der Waals surface area (Å²) in [5.41, 5.74) is 0.251. The smallest absolute Gasteiger partial charge is 0.410 e. The van der Waals surface area contributed by atoms with E-state index in [9.17, 15) is 18.0 Å². The monoisotopic (exact) mass is 345 g/mol. The SMILES string of the molecule is O=C(O)c1cnn2c1NC(c1cccc(Cl)c1)CC2C(F)(F)F. The molecule has 0 amide bonds. The number of hydrogen-bond donors (Lipinski definition) is 2. The fraction of sp³-hybridized carbons (Fsp3) is 0.286. The van der Waals surface area contributed by atoms with Crippen molar-refractivity contribution in [2.45, 2.75) is 24.7 Å². The number of benzene rings is 1. The Morgan fingerprint density at radius 1 is 1.43 bits per heavy atom. The lowest BCUT2D eigenvalue weighted by atomic mass is 9.96. The van der Waals surface area contributed by atoms with E-state index < -0.39 is 24.2 Å². The van der Waals surface area contributed by atoms with Gasteiger partial charge in [0.05, 0.1) is 12.2 Å². The lowest BCUT2D eigenvalue weighted by molar-refractivity contribution is -0.173. The zero-order valence-electron chi connectivity index (χ0n) is 11.5. The van der Waals surface area contributed by atoms with Crippen molar-refractivity contribution < 1.29 is 23.1 Å². The molecule has 0 aliphatic carbocycles. The second kappa shape index (κ2) is 5.45. The molecule has 23 heavy (non-hydrogen) atoms. The van der Waals surface area contributed by atoms with Crippen molar-refractivity contribution in [2.24, 2.45) is 0 Å². The number of aromatic carboxylic acids is 1. The van der Waals surface area contributed by atoms with Crippen LogP contribution in [0.15, 0.2) is 30.5 Å². The van der Waals surface area contributed by atoms with E-state index in [1.165, 1.54) is 0 Å². The predicted octanol–water partition coefficient (Wildman–Crippen LogP) is 3.90. The van der Waals surface area contributed by atoms with Gasteiger partial charge in [0.25, 0.3) is 0 Å². The Labute approximate surface area is 133 Å². The predicted molar refractivity (Wildman–Crippen MR) is 76.7 cm³/mol. The summed E-state index contributed by atoms with van der Waals surface area (Å²) in [6.07, 6.45) is -3.93. The molecule has 2 N–H and O–H groups in total. The van der Waals surface area contributed by atoms with E-state index in [1.54, 1.807) is 24.3 Å². The maximum absolute atomic E-state index is 13.3. The molecule has 1 aliphatic heterocycles. The highest BCUT2D eigenvalue weighted by Crippen LogP contribution is 2.44. The number of anilines is 1. The zero-order valence-corrected chi connectivity index (χ0v) is 12.3. The highest BCUT2D eigenvalue weighted by Gasteiger charge is 2.47. The van der Waals surface area contributed by atoms with Crippen molar-refractivity contribution >= 4 is 23.4 Å². The molecule has 0 spiro atoms. The fourth-order valence-electron chi connectivity index (χ4n) is 2.66. The van der Waals surface area contributed by atoms with Gasteiger partial charge in [0.1, 0.15) is 11.4 Å². The molecule has 122 valence electrons. The average Bonchev–Trinajstić information content (AvgIpc) is 2.89. The lowest BCUT2D eigenvalue weighted by Crippen LogP contribution is -2.36. The maximum atomic E-state index is 13.3. The third-order valence-electron chi connectivity index (χ3n) is 3.72. The van der Waals surface area contributed by atoms with E-state index in [1.807, 2.05) is 0 Å². The third kappa shape index (κ3) is 2.86. The summed E-state index contributed by atoms with van der Waals surface area (Å²) in [5.74, 6) is -1.50. The van der Waals surface area contributed by atoms with E-state index in [2.05, 4.69) is 10.4 Å². The standard InChI is InChI=1S/C14H11ClF3N3O2/c15-8-3-1-2-7(4-8)10-5-11(14(16,17)18)21-12(20-10)9(6-19-21)13(22)23/h1-4,6,10-11,20H,5H2,(H,22,23). The number of hydrogen-bond acceptors (Lipinski definition) is 3. The topological polar surface area (TPSA) is 67.1 Å². The normalized spacial score (nSPS) is 20.7. The van der Waals surface area contributed by atoms with Gasteiger partial charge in [0, 0.05) is 11.4 Å². The zero-order chi connectivity index (χ0) is 16.8. The van der Waals surface area contributed by atoms with Crippen molar-refractivity contribution in [1.82, 2.24) is 9.78 Å². The van der Waals surface area contributed by atoms with Gasteiger partial charge in [-0.15, -0.1) is 0 Å². The Morgan fingerprint density at radius 2 is 2.17 bits per heavy atom. The highest BCUT2D eigenvalue weighted by molar-refractivity contribution is 6.30. The first-order valence-corrected chi connectivity index (χ1v) is 7.04. The Bertz CT molecular complexity index is 760. The maximum Gasteiger partial charge on any atom is 0.410 e. The number of aromatic nitrogens is 2. The number of halogens is 4. The number of carbonyl (C=O) groups is 1. The summed E-state index contributed by atoms with van der Waals surface area (Å²) < 4.78 is 40.7. The molecule has 0 saturated heterocycles. The van der Waals surface area contributed by atoms with Crippen LogP contribution in [0.25, 0.3) is 0 Å². The molecule has 0 fully saturated rings. The van der Waals surface area contributed by atoms with Crippen LogP contribution in [0.3, 0.4) is 0 Å². The van der Waals surface area contributed by atoms with Gasteiger partial charge in [-0.05, 0) is 17.7 Å². The molecule has 0 radical (unpaired) electrons. The number of fused-ring (bicyclic) bond motifs is 1. The summed E-state index contributed by atoms with van der Waals surface area (Å²) in [7, 11) is 0. The molecular formula is C14H11ClF3N3O2. The number of rotatable bonds is 2. The van der Waals surface area contributed by atoms with Crippen LogP contribution in [-0.4, -0.2) is 27.0 Å².